The molecule has 0 aliphatic heterocycles. The second kappa shape index (κ2) is 4.49. The molecule has 6 atom stereocenters. The van der Waals surface area contributed by atoms with Gasteiger partial charge in [-0.2, -0.15) is 0 Å². The molecule has 0 heterocycles. The second-order valence-electron chi connectivity index (χ2n) is 8.00. The highest BCUT2D eigenvalue weighted by Gasteiger charge is 2.56. The van der Waals surface area contributed by atoms with Crippen LogP contribution in [-0.4, -0.2) is 16.3 Å². The minimum absolute atomic E-state index is 0.105. The van der Waals surface area contributed by atoms with E-state index in [9.17, 15) is 10.2 Å². The van der Waals surface area contributed by atoms with Gasteiger partial charge in [-0.15, -0.1) is 0 Å². The van der Waals surface area contributed by atoms with Crippen molar-refractivity contribution in [3.8, 4) is 5.75 Å². The fraction of sp³-hybridized carbons (Fsp3) is 0.684. The van der Waals surface area contributed by atoms with E-state index in [1.807, 2.05) is 12.1 Å². The number of aryl methyl sites for hydroxylation is 1. The Morgan fingerprint density at radius 3 is 2.81 bits per heavy atom. The number of aliphatic hydroxyl groups excluding tert-OH is 1. The zero-order chi connectivity index (χ0) is 14.8. The van der Waals surface area contributed by atoms with Crippen LogP contribution in [0.3, 0.4) is 0 Å². The smallest absolute Gasteiger partial charge is 0.115 e. The predicted molar refractivity (Wildman–Crippen MR) is 83.3 cm³/mol. The molecule has 0 saturated heterocycles. The summed E-state index contributed by atoms with van der Waals surface area (Å²) in [5.74, 6) is 3.03. The number of phenols is 1. The Bertz CT molecular complexity index is 567. The highest BCUT2D eigenvalue weighted by Crippen LogP contribution is 2.62. The van der Waals surface area contributed by atoms with Gasteiger partial charge in [0.15, 0.2) is 0 Å². The van der Waals surface area contributed by atoms with Crippen molar-refractivity contribution in [1.29, 1.82) is 0 Å². The second-order valence-corrected chi connectivity index (χ2v) is 8.00. The zero-order valence-electron chi connectivity index (χ0n) is 13.0. The normalized spacial score (nSPS) is 44.8. The molecule has 2 N–H and O–H groups in total. The topological polar surface area (TPSA) is 40.5 Å². The summed E-state index contributed by atoms with van der Waals surface area (Å²) in [6.07, 6.45) is 5.52. The van der Waals surface area contributed by atoms with E-state index in [0.717, 1.165) is 19.3 Å². The number of fused-ring (bicyclic) bond motifs is 5. The zero-order valence-corrected chi connectivity index (χ0v) is 13.0. The van der Waals surface area contributed by atoms with Crippen molar-refractivity contribution >= 4 is 0 Å². The molecule has 114 valence electrons. The Kier molecular flexibility index (Phi) is 2.91. The van der Waals surface area contributed by atoms with E-state index in [0.29, 0.717) is 29.4 Å². The number of hydrogen-bond acceptors (Lipinski definition) is 2. The first kappa shape index (κ1) is 13.6. The lowest BCUT2D eigenvalue weighted by molar-refractivity contribution is -0.0441. The molecule has 2 nitrogen and oxygen atoms in total. The molecule has 0 radical (unpaired) electrons. The van der Waals surface area contributed by atoms with Crippen LogP contribution >= 0.6 is 0 Å². The van der Waals surface area contributed by atoms with Gasteiger partial charge in [0.2, 0.25) is 0 Å². The first-order valence-electron chi connectivity index (χ1n) is 8.50. The van der Waals surface area contributed by atoms with Gasteiger partial charge in [-0.1, -0.05) is 19.9 Å². The van der Waals surface area contributed by atoms with Gasteiger partial charge >= 0.3 is 0 Å². The molecule has 1 aromatic rings. The third-order valence-corrected chi connectivity index (χ3v) is 6.95. The Labute approximate surface area is 127 Å². The van der Waals surface area contributed by atoms with Crippen LogP contribution < -0.4 is 0 Å². The standard InChI is InChI=1S/C19H26O2/c1-11-10-19(2)16(7-8-17(19)21)15-5-3-12-9-13(20)4-6-14(12)18(11)15/h4,6,9,11,15-18,20-21H,3,5,7-8,10H2,1-2H3/t11-,15-,16-,17-,18-,19+/m1/s1. The lowest BCUT2D eigenvalue weighted by atomic mass is 9.52. The SMILES string of the molecule is C[C@@H]1C[C@]2(C)[C@H](O)CC[C@@H]2[C@H]2CCc3cc(O)ccc3[C@H]21. The summed E-state index contributed by atoms with van der Waals surface area (Å²) in [5, 5.41) is 20.2. The third-order valence-electron chi connectivity index (χ3n) is 6.95. The fourth-order valence-corrected chi connectivity index (χ4v) is 6.10. The lowest BCUT2D eigenvalue weighted by Gasteiger charge is -2.53. The molecule has 0 unspecified atom stereocenters. The highest BCUT2D eigenvalue weighted by atomic mass is 16.3. The van der Waals surface area contributed by atoms with Crippen LogP contribution in [0.25, 0.3) is 0 Å². The first-order valence-corrected chi connectivity index (χ1v) is 8.50. The number of aromatic hydroxyl groups is 1. The predicted octanol–water partition coefficient (Wildman–Crippen LogP) is 3.86. The molecule has 2 fully saturated rings. The maximum absolute atomic E-state index is 10.5. The molecule has 0 bridgehead atoms. The fourth-order valence-electron chi connectivity index (χ4n) is 6.10. The largest absolute Gasteiger partial charge is 0.508 e. The number of benzene rings is 1. The minimum atomic E-state index is -0.105. The van der Waals surface area contributed by atoms with Gasteiger partial charge in [0.1, 0.15) is 5.75 Å². The highest BCUT2D eigenvalue weighted by molar-refractivity contribution is 5.40. The number of phenolic OH excluding ortho intramolecular Hbond substituents is 1. The van der Waals surface area contributed by atoms with Crippen LogP contribution in [-0.2, 0) is 6.42 Å². The third kappa shape index (κ3) is 1.81. The van der Waals surface area contributed by atoms with Crippen LogP contribution in [0.1, 0.15) is 56.6 Å². The summed E-state index contributed by atoms with van der Waals surface area (Å²) >= 11 is 0. The quantitative estimate of drug-likeness (QED) is 0.760. The van der Waals surface area contributed by atoms with Gasteiger partial charge in [-0.05, 0) is 84.5 Å². The van der Waals surface area contributed by atoms with Gasteiger partial charge in [0, 0.05) is 0 Å². The van der Waals surface area contributed by atoms with Gasteiger partial charge in [0.25, 0.3) is 0 Å². The lowest BCUT2D eigenvalue weighted by Crippen LogP contribution is -2.47. The van der Waals surface area contributed by atoms with Crippen LogP contribution in [0.15, 0.2) is 18.2 Å². The molecule has 2 heteroatoms. The van der Waals surface area contributed by atoms with Crippen molar-refractivity contribution in [2.24, 2.45) is 23.2 Å². The van der Waals surface area contributed by atoms with Crippen LogP contribution in [0.5, 0.6) is 5.75 Å². The Morgan fingerprint density at radius 2 is 2.00 bits per heavy atom. The summed E-state index contributed by atoms with van der Waals surface area (Å²) in [5.41, 5.74) is 2.96. The number of hydrogen-bond donors (Lipinski definition) is 2. The molecule has 2 saturated carbocycles. The monoisotopic (exact) mass is 286 g/mol. The maximum Gasteiger partial charge on any atom is 0.115 e. The Morgan fingerprint density at radius 1 is 1.19 bits per heavy atom. The summed E-state index contributed by atoms with van der Waals surface area (Å²) < 4.78 is 0. The molecule has 0 amide bonds. The molecule has 1 aromatic carbocycles. The maximum atomic E-state index is 10.5. The van der Waals surface area contributed by atoms with Crippen LogP contribution in [0.4, 0.5) is 0 Å². The van der Waals surface area contributed by atoms with E-state index in [4.69, 9.17) is 0 Å². The summed E-state index contributed by atoms with van der Waals surface area (Å²) in [7, 11) is 0. The molecule has 3 aliphatic rings. The van der Waals surface area contributed by atoms with Crippen molar-refractivity contribution in [1.82, 2.24) is 0 Å². The van der Waals surface area contributed by atoms with E-state index in [2.05, 4.69) is 19.9 Å². The van der Waals surface area contributed by atoms with Crippen molar-refractivity contribution in [2.45, 2.75) is 58.0 Å². The molecule has 3 aliphatic carbocycles. The summed E-state index contributed by atoms with van der Waals surface area (Å²) in [6.45, 7) is 4.69. The van der Waals surface area contributed by atoms with E-state index in [1.165, 1.54) is 24.0 Å². The van der Waals surface area contributed by atoms with Gasteiger partial charge < -0.3 is 10.2 Å². The van der Waals surface area contributed by atoms with Crippen molar-refractivity contribution < 1.29 is 10.2 Å². The number of aliphatic hydroxyl groups is 1. The van der Waals surface area contributed by atoms with Gasteiger partial charge in [-0.3, -0.25) is 0 Å². The molecule has 4 rings (SSSR count). The molecule has 0 aromatic heterocycles. The van der Waals surface area contributed by atoms with Crippen molar-refractivity contribution in [3.63, 3.8) is 0 Å². The molecular weight excluding hydrogens is 260 g/mol. The van der Waals surface area contributed by atoms with E-state index < -0.39 is 0 Å². The van der Waals surface area contributed by atoms with Crippen molar-refractivity contribution in [2.75, 3.05) is 0 Å². The average Bonchev–Trinajstić information content (AvgIpc) is 2.74. The van der Waals surface area contributed by atoms with Crippen molar-refractivity contribution in [3.05, 3.63) is 29.3 Å². The van der Waals surface area contributed by atoms with E-state index in [1.54, 1.807) is 0 Å². The Balaban J connectivity index is 1.76. The first-order chi connectivity index (χ1) is 10.0. The van der Waals surface area contributed by atoms with Gasteiger partial charge in [-0.25, -0.2) is 0 Å². The van der Waals surface area contributed by atoms with E-state index in [-0.39, 0.29) is 11.5 Å². The molecule has 21 heavy (non-hydrogen) atoms. The summed E-state index contributed by atoms with van der Waals surface area (Å²) in [4.78, 5) is 0. The summed E-state index contributed by atoms with van der Waals surface area (Å²) in [6, 6.07) is 5.98. The van der Waals surface area contributed by atoms with Gasteiger partial charge in [0.05, 0.1) is 6.10 Å². The van der Waals surface area contributed by atoms with E-state index >= 15 is 0 Å². The van der Waals surface area contributed by atoms with Crippen LogP contribution in [0.2, 0.25) is 0 Å². The Hall–Kier alpha value is -1.02. The minimum Gasteiger partial charge on any atom is -0.508 e. The van der Waals surface area contributed by atoms with Crippen LogP contribution in [0, 0.1) is 23.2 Å². The number of rotatable bonds is 0. The molecule has 0 spiro atoms. The molecular formula is C19H26O2. The average molecular weight is 286 g/mol.